The number of benzene rings is 2. The van der Waals surface area contributed by atoms with Crippen molar-refractivity contribution in [3.05, 3.63) is 77.1 Å². The average molecular weight is 364 g/mol. The van der Waals surface area contributed by atoms with E-state index in [1.54, 1.807) is 18.2 Å². The molecule has 0 spiro atoms. The molecular formula is C18H12F4N2O2. The van der Waals surface area contributed by atoms with E-state index in [9.17, 15) is 27.2 Å². The number of nitrogens with one attached hydrogen (secondary N) is 2. The number of carbonyl (C=O) groups is 2. The number of halogens is 4. The van der Waals surface area contributed by atoms with Crippen LogP contribution in [0.15, 0.2) is 60.2 Å². The maximum atomic E-state index is 13.2. The van der Waals surface area contributed by atoms with Crippen LogP contribution in [0.3, 0.4) is 0 Å². The van der Waals surface area contributed by atoms with Crippen molar-refractivity contribution in [2.24, 2.45) is 0 Å². The number of ketones is 1. The van der Waals surface area contributed by atoms with E-state index in [0.717, 1.165) is 12.1 Å². The van der Waals surface area contributed by atoms with E-state index in [1.807, 2.05) is 0 Å². The Kier molecular flexibility index (Phi) is 4.50. The standard InChI is InChI=1S/C18H12F4N2O2/c19-12-8-6-11(7-9-12)15-13(16(25)18(20,21)22)14(23-17(26)24-15)10-4-2-1-3-5-10/h1-9,15H,(H2,23,24,26)/t15-/m1/s1. The smallest absolute Gasteiger partial charge is 0.327 e. The van der Waals surface area contributed by atoms with Crippen LogP contribution >= 0.6 is 0 Å². The predicted octanol–water partition coefficient (Wildman–Crippen LogP) is 3.72. The second kappa shape index (κ2) is 6.62. The molecule has 0 unspecified atom stereocenters. The van der Waals surface area contributed by atoms with Gasteiger partial charge in [-0.1, -0.05) is 42.5 Å². The van der Waals surface area contributed by atoms with Gasteiger partial charge in [-0.2, -0.15) is 13.2 Å². The summed E-state index contributed by atoms with van der Waals surface area (Å²) in [6.45, 7) is 0. The van der Waals surface area contributed by atoms with E-state index >= 15 is 0 Å². The molecule has 8 heteroatoms. The number of alkyl halides is 3. The van der Waals surface area contributed by atoms with Crippen molar-refractivity contribution >= 4 is 17.5 Å². The minimum atomic E-state index is -5.14. The zero-order valence-electron chi connectivity index (χ0n) is 13.1. The molecule has 0 bridgehead atoms. The third kappa shape index (κ3) is 3.44. The Balaban J connectivity index is 2.23. The molecule has 2 amide bonds. The Morgan fingerprint density at radius 2 is 1.58 bits per heavy atom. The van der Waals surface area contributed by atoms with Gasteiger partial charge in [-0.25, -0.2) is 9.18 Å². The molecule has 0 saturated heterocycles. The molecule has 1 atom stereocenters. The van der Waals surface area contributed by atoms with Crippen molar-refractivity contribution in [2.75, 3.05) is 0 Å². The number of hydrogen-bond acceptors (Lipinski definition) is 2. The largest absolute Gasteiger partial charge is 0.454 e. The topological polar surface area (TPSA) is 58.2 Å². The Morgan fingerprint density at radius 3 is 2.15 bits per heavy atom. The van der Waals surface area contributed by atoms with Crippen LogP contribution in [0, 0.1) is 5.82 Å². The molecule has 2 aromatic carbocycles. The lowest BCUT2D eigenvalue weighted by molar-refractivity contribution is -0.166. The van der Waals surface area contributed by atoms with Crippen molar-refractivity contribution in [1.82, 2.24) is 10.6 Å². The molecule has 26 heavy (non-hydrogen) atoms. The third-order valence-electron chi connectivity index (χ3n) is 3.84. The van der Waals surface area contributed by atoms with E-state index in [1.165, 1.54) is 24.3 Å². The summed E-state index contributed by atoms with van der Waals surface area (Å²) in [6.07, 6.45) is -5.14. The summed E-state index contributed by atoms with van der Waals surface area (Å²) in [5, 5.41) is 4.59. The van der Waals surface area contributed by atoms with Gasteiger partial charge in [-0.15, -0.1) is 0 Å². The monoisotopic (exact) mass is 364 g/mol. The predicted molar refractivity (Wildman–Crippen MR) is 85.2 cm³/mol. The second-order valence-corrected chi connectivity index (χ2v) is 5.56. The van der Waals surface area contributed by atoms with Gasteiger partial charge in [0.2, 0.25) is 0 Å². The van der Waals surface area contributed by atoms with Crippen molar-refractivity contribution in [3.8, 4) is 0 Å². The molecule has 1 aliphatic heterocycles. The number of Topliss-reactive ketones (excluding diaryl/α,β-unsaturated/α-hetero) is 1. The normalized spacial score (nSPS) is 17.5. The van der Waals surface area contributed by atoms with Gasteiger partial charge in [0.1, 0.15) is 5.82 Å². The number of urea groups is 1. The summed E-state index contributed by atoms with van der Waals surface area (Å²) in [6, 6.07) is 10.1. The van der Waals surface area contributed by atoms with Crippen LogP contribution in [0.25, 0.3) is 5.70 Å². The van der Waals surface area contributed by atoms with E-state index in [2.05, 4.69) is 10.6 Å². The Labute approximate surface area is 145 Å². The highest BCUT2D eigenvalue weighted by molar-refractivity contribution is 6.10. The molecule has 0 radical (unpaired) electrons. The van der Waals surface area contributed by atoms with Gasteiger partial charge in [0.25, 0.3) is 5.78 Å². The fourth-order valence-corrected chi connectivity index (χ4v) is 2.70. The molecular weight excluding hydrogens is 352 g/mol. The van der Waals surface area contributed by atoms with Crippen molar-refractivity contribution < 1.29 is 27.2 Å². The van der Waals surface area contributed by atoms with Gasteiger partial charge < -0.3 is 10.6 Å². The quantitative estimate of drug-likeness (QED) is 0.816. The van der Waals surface area contributed by atoms with Crippen molar-refractivity contribution in [2.45, 2.75) is 12.2 Å². The molecule has 3 rings (SSSR count). The van der Waals surface area contributed by atoms with Crippen molar-refractivity contribution in [3.63, 3.8) is 0 Å². The second-order valence-electron chi connectivity index (χ2n) is 5.56. The average Bonchev–Trinajstić information content (AvgIpc) is 2.61. The van der Waals surface area contributed by atoms with Crippen LogP contribution in [0.2, 0.25) is 0 Å². The summed E-state index contributed by atoms with van der Waals surface area (Å²) in [5.74, 6) is -2.68. The highest BCUT2D eigenvalue weighted by atomic mass is 19.4. The van der Waals surface area contributed by atoms with Gasteiger partial charge in [0, 0.05) is 0 Å². The minimum absolute atomic E-state index is 0.155. The first kappa shape index (κ1) is 17.7. The lowest BCUT2D eigenvalue weighted by Gasteiger charge is -2.30. The molecule has 134 valence electrons. The maximum Gasteiger partial charge on any atom is 0.454 e. The Hall–Kier alpha value is -3.16. The third-order valence-corrected chi connectivity index (χ3v) is 3.84. The first-order valence-corrected chi connectivity index (χ1v) is 7.51. The molecule has 4 nitrogen and oxygen atoms in total. The molecule has 2 N–H and O–H groups in total. The summed E-state index contributed by atoms with van der Waals surface area (Å²) in [5.41, 5.74) is -0.481. The van der Waals surface area contributed by atoms with Crippen LogP contribution in [0.5, 0.6) is 0 Å². The van der Waals surface area contributed by atoms with Crippen LogP contribution < -0.4 is 10.6 Å². The van der Waals surface area contributed by atoms with E-state index in [-0.39, 0.29) is 16.8 Å². The number of carbonyl (C=O) groups excluding carboxylic acids is 2. The Bertz CT molecular complexity index is 874. The summed E-state index contributed by atoms with van der Waals surface area (Å²) in [4.78, 5) is 24.1. The molecule has 1 aliphatic rings. The SMILES string of the molecule is O=C1NC(c2ccccc2)=C(C(=O)C(F)(F)F)[C@@H](c2ccc(F)cc2)N1. The molecule has 0 aromatic heterocycles. The highest BCUT2D eigenvalue weighted by Gasteiger charge is 2.46. The number of hydrogen-bond donors (Lipinski definition) is 2. The van der Waals surface area contributed by atoms with E-state index < -0.39 is 35.4 Å². The van der Waals surface area contributed by atoms with Crippen LogP contribution in [0.1, 0.15) is 17.2 Å². The van der Waals surface area contributed by atoms with Gasteiger partial charge in [-0.05, 0) is 23.3 Å². The van der Waals surface area contributed by atoms with E-state index in [4.69, 9.17) is 0 Å². The summed E-state index contributed by atoms with van der Waals surface area (Å²) < 4.78 is 52.7. The van der Waals surface area contributed by atoms with Crippen LogP contribution in [-0.4, -0.2) is 18.0 Å². The summed E-state index contributed by atoms with van der Waals surface area (Å²) in [7, 11) is 0. The first-order chi connectivity index (χ1) is 12.3. The molecule has 0 aliphatic carbocycles. The fraction of sp³-hybridized carbons (Fsp3) is 0.111. The lowest BCUT2D eigenvalue weighted by Crippen LogP contribution is -2.47. The van der Waals surface area contributed by atoms with Gasteiger partial charge >= 0.3 is 12.2 Å². The molecule has 0 saturated carbocycles. The lowest BCUT2D eigenvalue weighted by atomic mass is 9.89. The van der Waals surface area contributed by atoms with Crippen molar-refractivity contribution in [1.29, 1.82) is 0 Å². The minimum Gasteiger partial charge on any atom is -0.327 e. The molecule has 0 fully saturated rings. The van der Waals surface area contributed by atoms with Gasteiger partial charge in [0.15, 0.2) is 0 Å². The van der Waals surface area contributed by atoms with Gasteiger partial charge in [-0.3, -0.25) is 4.79 Å². The summed E-state index contributed by atoms with van der Waals surface area (Å²) >= 11 is 0. The molecule has 2 aromatic rings. The van der Waals surface area contributed by atoms with E-state index in [0.29, 0.717) is 0 Å². The zero-order chi connectivity index (χ0) is 18.9. The Morgan fingerprint density at radius 1 is 0.962 bits per heavy atom. The number of amides is 2. The number of rotatable bonds is 3. The first-order valence-electron chi connectivity index (χ1n) is 7.51. The molecule has 1 heterocycles. The fourth-order valence-electron chi connectivity index (χ4n) is 2.70. The van der Waals surface area contributed by atoms with Gasteiger partial charge in [0.05, 0.1) is 17.3 Å². The zero-order valence-corrected chi connectivity index (χ0v) is 13.1. The highest BCUT2D eigenvalue weighted by Crippen LogP contribution is 2.36. The van der Waals surface area contributed by atoms with Crippen LogP contribution in [-0.2, 0) is 4.79 Å². The van der Waals surface area contributed by atoms with Crippen LogP contribution in [0.4, 0.5) is 22.4 Å². The maximum absolute atomic E-state index is 13.2.